The number of aromatic nitrogens is 1. The van der Waals surface area contributed by atoms with Crippen LogP contribution >= 0.6 is 11.3 Å². The van der Waals surface area contributed by atoms with Crippen LogP contribution < -0.4 is 4.57 Å². The topological polar surface area (TPSA) is 81.3 Å². The quantitative estimate of drug-likeness (QED) is 0.363. The van der Waals surface area contributed by atoms with Gasteiger partial charge < -0.3 is 9.66 Å². The summed E-state index contributed by atoms with van der Waals surface area (Å²) in [6.45, 7) is 5.76. The van der Waals surface area contributed by atoms with Crippen LogP contribution in [0.25, 0.3) is 0 Å². The van der Waals surface area contributed by atoms with Gasteiger partial charge in [-0.3, -0.25) is 0 Å². The molecule has 1 aromatic rings. The van der Waals surface area contributed by atoms with Crippen LogP contribution in [0.15, 0.2) is 5.51 Å². The van der Waals surface area contributed by atoms with Gasteiger partial charge in [-0.15, -0.1) is 0 Å². The van der Waals surface area contributed by atoms with Crippen LogP contribution in [0.2, 0.25) is 0 Å². The van der Waals surface area contributed by atoms with Crippen LogP contribution in [0.5, 0.6) is 0 Å². The van der Waals surface area contributed by atoms with Gasteiger partial charge in [-0.05, 0) is 6.42 Å². The van der Waals surface area contributed by atoms with Crippen LogP contribution in [-0.4, -0.2) is 30.2 Å². The SMILES string of the molecule is CCCCC[n+]1csc(CCO)c1C.O=S(=O)([O-])C(F)(F)F. The Morgan fingerprint density at radius 2 is 1.91 bits per heavy atom. The Balaban J connectivity index is 0.000000472. The van der Waals surface area contributed by atoms with Crippen molar-refractivity contribution in [2.75, 3.05) is 6.61 Å². The third kappa shape index (κ3) is 7.52. The third-order valence-electron chi connectivity index (χ3n) is 2.78. The summed E-state index contributed by atoms with van der Waals surface area (Å²) in [5, 5.41) is 8.86. The Morgan fingerprint density at radius 1 is 1.36 bits per heavy atom. The molecule has 130 valence electrons. The predicted molar refractivity (Wildman–Crippen MR) is 75.3 cm³/mol. The lowest BCUT2D eigenvalue weighted by Crippen LogP contribution is -2.34. The van der Waals surface area contributed by atoms with Crippen molar-refractivity contribution >= 4 is 21.5 Å². The van der Waals surface area contributed by atoms with Gasteiger partial charge in [0.05, 0.1) is 4.88 Å². The summed E-state index contributed by atoms with van der Waals surface area (Å²) < 4.78 is 61.2. The third-order valence-corrected chi connectivity index (χ3v) is 4.49. The first kappa shape index (κ1) is 21.3. The molecule has 0 atom stereocenters. The largest absolute Gasteiger partial charge is 0.741 e. The minimum atomic E-state index is -6.09. The number of alkyl halides is 3. The number of hydrogen-bond donors (Lipinski definition) is 1. The summed E-state index contributed by atoms with van der Waals surface area (Å²) in [5.41, 5.74) is -2.14. The van der Waals surface area contributed by atoms with Crippen LogP contribution in [0.1, 0.15) is 36.8 Å². The highest BCUT2D eigenvalue weighted by atomic mass is 32.2. The molecule has 0 aliphatic rings. The fraction of sp³-hybridized carbons (Fsp3) is 0.750. The van der Waals surface area contributed by atoms with Crippen molar-refractivity contribution in [3.63, 3.8) is 0 Å². The second kappa shape index (κ2) is 9.43. The highest BCUT2D eigenvalue weighted by Gasteiger charge is 2.36. The zero-order valence-electron chi connectivity index (χ0n) is 12.4. The highest BCUT2D eigenvalue weighted by molar-refractivity contribution is 7.86. The molecular weight excluding hydrogens is 343 g/mol. The van der Waals surface area contributed by atoms with Crippen molar-refractivity contribution in [3.05, 3.63) is 16.1 Å². The van der Waals surface area contributed by atoms with E-state index in [0.29, 0.717) is 0 Å². The molecule has 1 aromatic heterocycles. The smallest absolute Gasteiger partial charge is 0.485 e. The van der Waals surface area contributed by atoms with E-state index in [-0.39, 0.29) is 6.61 Å². The van der Waals surface area contributed by atoms with Crippen LogP contribution in [0, 0.1) is 6.92 Å². The molecule has 0 saturated heterocycles. The first-order valence-corrected chi connectivity index (χ1v) is 8.92. The summed E-state index contributed by atoms with van der Waals surface area (Å²) >= 11 is 1.76. The van der Waals surface area contributed by atoms with E-state index >= 15 is 0 Å². The molecule has 0 fully saturated rings. The lowest BCUT2D eigenvalue weighted by Gasteiger charge is -2.08. The number of thiazole rings is 1. The maximum Gasteiger partial charge on any atom is 0.485 e. The molecule has 10 heteroatoms. The van der Waals surface area contributed by atoms with Crippen LogP contribution in [0.3, 0.4) is 0 Å². The number of nitrogens with zero attached hydrogens (tertiary/aromatic N) is 1. The number of aryl methyl sites for hydroxylation is 1. The van der Waals surface area contributed by atoms with E-state index in [1.807, 2.05) is 0 Å². The Kier molecular flexibility index (Phi) is 9.13. The molecule has 1 heterocycles. The van der Waals surface area contributed by atoms with E-state index in [1.165, 1.54) is 29.8 Å². The van der Waals surface area contributed by atoms with Crippen molar-refractivity contribution < 1.29 is 35.8 Å². The second-order valence-corrected chi connectivity index (χ2v) is 6.82. The lowest BCUT2D eigenvalue weighted by atomic mass is 10.2. The molecule has 0 radical (unpaired) electrons. The van der Waals surface area contributed by atoms with E-state index < -0.39 is 15.6 Å². The van der Waals surface area contributed by atoms with E-state index in [4.69, 9.17) is 18.1 Å². The summed E-state index contributed by atoms with van der Waals surface area (Å²) in [6, 6.07) is 0. The Labute approximate surface area is 132 Å². The maximum absolute atomic E-state index is 10.7. The monoisotopic (exact) mass is 363 g/mol. The normalized spacial score (nSPS) is 12.0. The first-order chi connectivity index (χ1) is 10.0. The fourth-order valence-corrected chi connectivity index (χ4v) is 2.56. The molecule has 0 aliphatic carbocycles. The number of hydrogen-bond acceptors (Lipinski definition) is 5. The van der Waals surface area contributed by atoms with Gasteiger partial charge in [-0.2, -0.15) is 17.7 Å². The van der Waals surface area contributed by atoms with E-state index in [1.54, 1.807) is 11.3 Å². The minimum absolute atomic E-state index is 0.260. The van der Waals surface area contributed by atoms with Gasteiger partial charge in [-0.25, -0.2) is 8.42 Å². The Bertz CT molecular complexity index is 541. The summed E-state index contributed by atoms with van der Waals surface area (Å²) in [5.74, 6) is 0. The zero-order valence-corrected chi connectivity index (χ0v) is 14.0. The van der Waals surface area contributed by atoms with Gasteiger partial charge >= 0.3 is 5.51 Å². The molecule has 1 rings (SSSR count). The predicted octanol–water partition coefficient (Wildman–Crippen LogP) is 2.12. The van der Waals surface area contributed by atoms with Gasteiger partial charge in [0, 0.05) is 26.4 Å². The number of halogens is 3. The molecule has 0 aromatic carbocycles. The van der Waals surface area contributed by atoms with Gasteiger partial charge in [0.25, 0.3) is 0 Å². The van der Waals surface area contributed by atoms with Crippen molar-refractivity contribution in [1.82, 2.24) is 0 Å². The van der Waals surface area contributed by atoms with Crippen molar-refractivity contribution in [2.45, 2.75) is 51.6 Å². The van der Waals surface area contributed by atoms with Crippen LogP contribution in [0.4, 0.5) is 13.2 Å². The average molecular weight is 363 g/mol. The fourth-order valence-electron chi connectivity index (χ4n) is 1.55. The van der Waals surface area contributed by atoms with Gasteiger partial charge in [0.2, 0.25) is 5.51 Å². The summed E-state index contributed by atoms with van der Waals surface area (Å²) in [4.78, 5) is 1.32. The molecule has 0 aliphatic heterocycles. The number of rotatable bonds is 6. The minimum Gasteiger partial charge on any atom is -0.741 e. The molecule has 0 bridgehead atoms. The van der Waals surface area contributed by atoms with Crippen LogP contribution in [-0.2, 0) is 23.1 Å². The number of unbranched alkanes of at least 4 members (excludes halogenated alkanes) is 2. The summed E-state index contributed by atoms with van der Waals surface area (Å²) in [7, 11) is -6.09. The van der Waals surface area contributed by atoms with Crippen molar-refractivity contribution in [3.8, 4) is 0 Å². The van der Waals surface area contributed by atoms with E-state index in [2.05, 4.69) is 23.9 Å². The van der Waals surface area contributed by atoms with E-state index in [0.717, 1.165) is 13.0 Å². The first-order valence-electron chi connectivity index (χ1n) is 6.64. The lowest BCUT2D eigenvalue weighted by molar-refractivity contribution is -0.698. The second-order valence-electron chi connectivity index (χ2n) is 4.51. The molecule has 0 spiro atoms. The molecule has 0 unspecified atom stereocenters. The Hall–Kier alpha value is -0.710. The van der Waals surface area contributed by atoms with Crippen molar-refractivity contribution in [2.24, 2.45) is 0 Å². The maximum atomic E-state index is 10.7. The molecule has 22 heavy (non-hydrogen) atoms. The van der Waals surface area contributed by atoms with E-state index in [9.17, 15) is 13.2 Å². The Morgan fingerprint density at radius 3 is 2.32 bits per heavy atom. The number of aliphatic hydroxyl groups excluding tert-OH is 1. The van der Waals surface area contributed by atoms with Gasteiger partial charge in [0.1, 0.15) is 6.54 Å². The zero-order chi connectivity index (χ0) is 17.4. The molecule has 0 amide bonds. The summed E-state index contributed by atoms with van der Waals surface area (Å²) in [6.07, 6.45) is 4.64. The number of aliphatic hydroxyl groups is 1. The molecule has 1 N–H and O–H groups in total. The van der Waals surface area contributed by atoms with Gasteiger partial charge in [0.15, 0.2) is 15.8 Å². The molecule has 5 nitrogen and oxygen atoms in total. The average Bonchev–Trinajstić information content (AvgIpc) is 2.71. The molecule has 0 saturated carbocycles. The molecular formula is C12H20F3NO4S2. The standard InChI is InChI=1S/C11H20NOS.CHF3O3S/c1-3-4-5-7-12-9-14-11(6-8-13)10(12)2;2-1(3,4)8(5,6)7/h9,13H,3-8H2,1-2H3;(H,5,6,7)/q+1;/p-1. The van der Waals surface area contributed by atoms with Crippen molar-refractivity contribution in [1.29, 1.82) is 0 Å². The van der Waals surface area contributed by atoms with Gasteiger partial charge in [-0.1, -0.05) is 24.7 Å². The highest BCUT2D eigenvalue weighted by Crippen LogP contribution is 2.20.